The number of aliphatic hydroxyl groups excluding tert-OH is 1. The van der Waals surface area contributed by atoms with Gasteiger partial charge in [0.1, 0.15) is 18.4 Å². The second-order valence-corrected chi connectivity index (χ2v) is 7.02. The second kappa shape index (κ2) is 7.60. The van der Waals surface area contributed by atoms with Crippen molar-refractivity contribution < 1.29 is 13.9 Å². The Bertz CT molecular complexity index is 1290. The molecule has 0 aliphatic heterocycles. The van der Waals surface area contributed by atoms with Crippen LogP contribution in [0, 0.1) is 26.6 Å². The molecule has 2 aromatic carbocycles. The monoisotopic (exact) mass is 409 g/mol. The lowest BCUT2D eigenvalue weighted by atomic mass is 10.1. The number of aliphatic hydroxyl groups is 1. The molecular weight excluding hydrogens is 389 g/mol. The highest BCUT2D eigenvalue weighted by molar-refractivity contribution is 5.79. The van der Waals surface area contributed by atoms with Gasteiger partial charge in [-0.3, -0.25) is 4.57 Å². The third-order valence-electron chi connectivity index (χ3n) is 4.74. The molecule has 2 heterocycles. The van der Waals surface area contributed by atoms with Crippen LogP contribution in [0.2, 0.25) is 0 Å². The molecule has 0 aliphatic rings. The molecule has 0 radical (unpaired) electrons. The first-order valence-corrected chi connectivity index (χ1v) is 9.24. The van der Waals surface area contributed by atoms with E-state index >= 15 is 0 Å². The molecular formula is C21H20FN5O3. The minimum Gasteiger partial charge on any atom is -0.408 e. The molecule has 2 aromatic heterocycles. The first kappa shape index (κ1) is 19.6. The second-order valence-electron chi connectivity index (χ2n) is 7.02. The van der Waals surface area contributed by atoms with Gasteiger partial charge in [-0.25, -0.2) is 14.2 Å². The van der Waals surface area contributed by atoms with Gasteiger partial charge >= 0.3 is 5.76 Å². The lowest BCUT2D eigenvalue weighted by Crippen LogP contribution is -2.13. The van der Waals surface area contributed by atoms with Crippen molar-refractivity contribution in [1.82, 2.24) is 14.5 Å². The summed E-state index contributed by atoms with van der Waals surface area (Å²) in [5.74, 6) is 0.0527. The third-order valence-corrected chi connectivity index (χ3v) is 4.74. The number of aromatic nitrogens is 3. The molecule has 0 spiro atoms. The van der Waals surface area contributed by atoms with E-state index in [1.54, 1.807) is 50.4 Å². The van der Waals surface area contributed by atoms with Gasteiger partial charge in [0.15, 0.2) is 5.58 Å². The van der Waals surface area contributed by atoms with Crippen molar-refractivity contribution in [2.24, 2.45) is 0 Å². The summed E-state index contributed by atoms with van der Waals surface area (Å²) < 4.78 is 20.1. The molecule has 9 heteroatoms. The number of nitrogens with one attached hydrogen (secondary N) is 2. The lowest BCUT2D eigenvalue weighted by Gasteiger charge is -2.12. The smallest absolute Gasteiger partial charge is 0.408 e. The summed E-state index contributed by atoms with van der Waals surface area (Å²) >= 11 is 0. The van der Waals surface area contributed by atoms with Crippen molar-refractivity contribution in [2.75, 3.05) is 10.6 Å². The fraction of sp³-hybridized carbons (Fsp3) is 0.190. The van der Waals surface area contributed by atoms with E-state index in [1.807, 2.05) is 6.92 Å². The van der Waals surface area contributed by atoms with Gasteiger partial charge in [-0.1, -0.05) is 0 Å². The molecule has 154 valence electrons. The van der Waals surface area contributed by atoms with Crippen molar-refractivity contribution in [3.63, 3.8) is 0 Å². The minimum absolute atomic E-state index is 0.233. The molecule has 0 unspecified atom stereocenters. The number of benzene rings is 2. The molecule has 4 rings (SSSR count). The molecule has 0 aliphatic carbocycles. The van der Waals surface area contributed by atoms with Crippen LogP contribution in [0.25, 0.3) is 11.1 Å². The van der Waals surface area contributed by atoms with Crippen molar-refractivity contribution in [3.05, 3.63) is 69.6 Å². The Morgan fingerprint density at radius 2 is 1.80 bits per heavy atom. The quantitative estimate of drug-likeness (QED) is 0.459. The maximum absolute atomic E-state index is 13.9. The normalized spacial score (nSPS) is 11.1. The van der Waals surface area contributed by atoms with Gasteiger partial charge in [-0.15, -0.1) is 0 Å². The van der Waals surface area contributed by atoms with E-state index in [0.717, 1.165) is 10.1 Å². The molecule has 0 saturated carbocycles. The number of anilines is 4. The average molecular weight is 409 g/mol. The lowest BCUT2D eigenvalue weighted by molar-refractivity contribution is 0.204. The van der Waals surface area contributed by atoms with Gasteiger partial charge < -0.3 is 20.2 Å². The summed E-state index contributed by atoms with van der Waals surface area (Å²) in [6.45, 7) is 4.79. The van der Waals surface area contributed by atoms with Crippen LogP contribution in [0.3, 0.4) is 0 Å². The number of nitrogens with zero attached hydrogens (tertiary/aromatic N) is 3. The van der Waals surface area contributed by atoms with Gasteiger partial charge in [0.05, 0.1) is 5.52 Å². The number of fused-ring (bicyclic) bond motifs is 1. The number of hydrogen-bond donors (Lipinski definition) is 3. The Hall–Kier alpha value is -3.72. The number of halogens is 1. The summed E-state index contributed by atoms with van der Waals surface area (Å²) in [5.41, 5.74) is 4.06. The fourth-order valence-electron chi connectivity index (χ4n) is 3.19. The standard InChI is InChI=1S/C21H20FN5O3/c1-11-6-15(7-12(2)18(11)22)25-20-23-9-13(3)19(26-20)24-14-4-5-17-16(8-14)27(10-28)21(29)30-17/h4-9,28H,10H2,1-3H3,(H2,23,24,25,26). The van der Waals surface area contributed by atoms with E-state index in [9.17, 15) is 14.3 Å². The molecule has 0 atom stereocenters. The van der Waals surface area contributed by atoms with Gasteiger partial charge in [0.25, 0.3) is 0 Å². The molecule has 8 nitrogen and oxygen atoms in total. The molecule has 4 aromatic rings. The summed E-state index contributed by atoms with van der Waals surface area (Å²) in [7, 11) is 0. The minimum atomic E-state index is -0.626. The van der Waals surface area contributed by atoms with Crippen molar-refractivity contribution in [2.45, 2.75) is 27.5 Å². The highest BCUT2D eigenvalue weighted by Gasteiger charge is 2.11. The van der Waals surface area contributed by atoms with Gasteiger partial charge in [0, 0.05) is 23.1 Å². The maximum Gasteiger partial charge on any atom is 0.421 e. The predicted molar refractivity (Wildman–Crippen MR) is 112 cm³/mol. The summed E-state index contributed by atoms with van der Waals surface area (Å²) in [6.07, 6.45) is 1.67. The highest BCUT2D eigenvalue weighted by Crippen LogP contribution is 2.25. The van der Waals surface area contributed by atoms with E-state index in [1.165, 1.54) is 0 Å². The molecule has 0 bridgehead atoms. The van der Waals surface area contributed by atoms with E-state index in [0.29, 0.717) is 45.4 Å². The number of aryl methyl sites for hydroxylation is 3. The van der Waals surface area contributed by atoms with Crippen LogP contribution < -0.4 is 16.4 Å². The Morgan fingerprint density at radius 3 is 2.50 bits per heavy atom. The first-order valence-electron chi connectivity index (χ1n) is 9.24. The van der Waals surface area contributed by atoms with Crippen molar-refractivity contribution in [1.29, 1.82) is 0 Å². The Balaban J connectivity index is 1.64. The van der Waals surface area contributed by atoms with Gasteiger partial charge in [-0.05, 0) is 62.2 Å². The molecule has 0 amide bonds. The van der Waals surface area contributed by atoms with E-state index in [-0.39, 0.29) is 5.82 Å². The topological polar surface area (TPSA) is 105 Å². The number of oxazole rings is 1. The van der Waals surface area contributed by atoms with Crippen LogP contribution in [0.4, 0.5) is 27.5 Å². The molecule has 0 fully saturated rings. The maximum atomic E-state index is 13.9. The van der Waals surface area contributed by atoms with Crippen LogP contribution in [-0.4, -0.2) is 19.6 Å². The number of hydrogen-bond acceptors (Lipinski definition) is 7. The van der Waals surface area contributed by atoms with Gasteiger partial charge in [0.2, 0.25) is 5.95 Å². The zero-order chi connectivity index (χ0) is 21.4. The Kier molecular flexibility index (Phi) is 4.96. The summed E-state index contributed by atoms with van der Waals surface area (Å²) in [4.78, 5) is 20.5. The van der Waals surface area contributed by atoms with Crippen LogP contribution >= 0.6 is 0 Å². The molecule has 30 heavy (non-hydrogen) atoms. The van der Waals surface area contributed by atoms with E-state index in [4.69, 9.17) is 4.42 Å². The first-order chi connectivity index (χ1) is 14.4. The Labute approximate surface area is 171 Å². The molecule has 0 saturated heterocycles. The predicted octanol–water partition coefficient (Wildman–Crippen LogP) is 3.89. The fourth-order valence-corrected chi connectivity index (χ4v) is 3.19. The Morgan fingerprint density at radius 1 is 1.07 bits per heavy atom. The molecule has 3 N–H and O–H groups in total. The zero-order valence-electron chi connectivity index (χ0n) is 16.7. The van der Waals surface area contributed by atoms with E-state index < -0.39 is 12.5 Å². The average Bonchev–Trinajstić information content (AvgIpc) is 3.03. The van der Waals surface area contributed by atoms with Gasteiger partial charge in [-0.2, -0.15) is 4.98 Å². The van der Waals surface area contributed by atoms with Crippen LogP contribution in [0.5, 0.6) is 0 Å². The SMILES string of the molecule is Cc1cnc(Nc2cc(C)c(F)c(C)c2)nc1Nc1ccc2oc(=O)n(CO)c2c1. The van der Waals surface area contributed by atoms with Crippen molar-refractivity contribution >= 4 is 34.2 Å². The summed E-state index contributed by atoms with van der Waals surface area (Å²) in [6, 6.07) is 8.47. The number of rotatable bonds is 5. The third kappa shape index (κ3) is 3.62. The highest BCUT2D eigenvalue weighted by atomic mass is 19.1. The largest absolute Gasteiger partial charge is 0.421 e. The summed E-state index contributed by atoms with van der Waals surface area (Å²) in [5, 5.41) is 15.7. The van der Waals surface area contributed by atoms with Crippen LogP contribution in [-0.2, 0) is 6.73 Å². The zero-order valence-corrected chi connectivity index (χ0v) is 16.7. The van der Waals surface area contributed by atoms with Crippen LogP contribution in [0.1, 0.15) is 16.7 Å². The van der Waals surface area contributed by atoms with E-state index in [2.05, 4.69) is 20.6 Å². The van der Waals surface area contributed by atoms with Crippen LogP contribution in [0.15, 0.2) is 45.7 Å². The van der Waals surface area contributed by atoms with Crippen molar-refractivity contribution in [3.8, 4) is 0 Å².